The van der Waals surface area contributed by atoms with Gasteiger partial charge in [-0.25, -0.2) is 0 Å². The minimum Gasteiger partial charge on any atom is -0.308 e. The summed E-state index contributed by atoms with van der Waals surface area (Å²) in [7, 11) is 0. The van der Waals surface area contributed by atoms with E-state index in [-0.39, 0.29) is 17.2 Å². The number of nitrogens with zero attached hydrogens (tertiary/aromatic N) is 4. The fourth-order valence-electron chi connectivity index (χ4n) is 5.52. The number of hydrogen-bond acceptors (Lipinski definition) is 6. The Labute approximate surface area is 196 Å². The lowest BCUT2D eigenvalue weighted by Crippen LogP contribution is -2.44. The topological polar surface area (TPSA) is 72.2 Å². The smallest absolute Gasteiger partial charge is 0.252 e. The molecule has 0 aromatic carbocycles. The standard InChI is InChI=1S/C25H29N5O2S/c31-23-7-3-17-4-8-24(32)30-20(16-29(23)25(17)30)15-28-11-9-18(10-12-28)26-14-19-5-6-22-21(27-19)2-1-13-33-22/h3-8,18,20,26H,1-2,9-16H2/t20-/m1/s1. The maximum atomic E-state index is 12.6. The number of rotatable bonds is 5. The van der Waals surface area contributed by atoms with Crippen molar-refractivity contribution in [2.24, 2.45) is 0 Å². The van der Waals surface area contributed by atoms with Crippen LogP contribution in [0.4, 0.5) is 0 Å². The van der Waals surface area contributed by atoms with Crippen LogP contribution in [-0.2, 0) is 19.5 Å². The molecule has 3 aromatic rings. The normalized spacial score (nSPS) is 20.9. The highest BCUT2D eigenvalue weighted by atomic mass is 32.2. The van der Waals surface area contributed by atoms with E-state index in [1.807, 2.05) is 28.5 Å². The number of aryl methyl sites for hydroxylation is 1. The van der Waals surface area contributed by atoms with Crippen LogP contribution in [0, 0.1) is 0 Å². The molecule has 0 spiro atoms. The summed E-state index contributed by atoms with van der Waals surface area (Å²) >= 11 is 1.92. The van der Waals surface area contributed by atoms with Crippen LogP contribution < -0.4 is 16.4 Å². The molecule has 3 aliphatic heterocycles. The third kappa shape index (κ3) is 4.05. The van der Waals surface area contributed by atoms with Crippen molar-refractivity contribution in [2.75, 3.05) is 25.4 Å². The summed E-state index contributed by atoms with van der Waals surface area (Å²) in [5.41, 5.74) is 3.13. The number of piperidine rings is 1. The van der Waals surface area contributed by atoms with Crippen LogP contribution in [-0.4, -0.2) is 50.4 Å². The molecule has 0 saturated carbocycles. The van der Waals surface area contributed by atoms with Gasteiger partial charge in [0.2, 0.25) is 0 Å². The molecule has 3 aromatic heterocycles. The first kappa shape index (κ1) is 21.1. The maximum absolute atomic E-state index is 12.6. The third-order valence-corrected chi connectivity index (χ3v) is 8.42. The molecule has 7 nitrogen and oxygen atoms in total. The van der Waals surface area contributed by atoms with Gasteiger partial charge in [0.1, 0.15) is 5.65 Å². The second-order valence-corrected chi connectivity index (χ2v) is 10.5. The monoisotopic (exact) mass is 463 g/mol. The van der Waals surface area contributed by atoms with E-state index in [4.69, 9.17) is 4.98 Å². The van der Waals surface area contributed by atoms with Gasteiger partial charge in [0.15, 0.2) is 0 Å². The first-order chi connectivity index (χ1) is 16.2. The van der Waals surface area contributed by atoms with Crippen LogP contribution >= 0.6 is 11.8 Å². The SMILES string of the molecule is O=c1ccc2ccc(=O)n3c2n1C[C@H]3CN1CCC(NCc2ccc3c(n2)CCCS3)CC1. The van der Waals surface area contributed by atoms with Crippen LogP contribution in [0.25, 0.3) is 11.0 Å². The first-order valence-corrected chi connectivity index (χ1v) is 13.0. The van der Waals surface area contributed by atoms with E-state index in [9.17, 15) is 9.59 Å². The molecule has 6 heterocycles. The molecular weight excluding hydrogens is 434 g/mol. The van der Waals surface area contributed by atoms with Crippen LogP contribution in [0.1, 0.15) is 36.7 Å². The molecule has 3 aliphatic rings. The van der Waals surface area contributed by atoms with Gasteiger partial charge in [-0.1, -0.05) is 0 Å². The van der Waals surface area contributed by atoms with E-state index in [0.717, 1.165) is 62.2 Å². The van der Waals surface area contributed by atoms with E-state index in [0.29, 0.717) is 12.6 Å². The zero-order valence-corrected chi connectivity index (χ0v) is 19.5. The second kappa shape index (κ2) is 8.74. The highest BCUT2D eigenvalue weighted by molar-refractivity contribution is 7.99. The lowest BCUT2D eigenvalue weighted by atomic mass is 10.0. The summed E-state index contributed by atoms with van der Waals surface area (Å²) < 4.78 is 3.60. The van der Waals surface area contributed by atoms with Crippen molar-refractivity contribution < 1.29 is 0 Å². The van der Waals surface area contributed by atoms with Crippen molar-refractivity contribution >= 4 is 22.8 Å². The van der Waals surface area contributed by atoms with Gasteiger partial charge in [-0.3, -0.25) is 23.7 Å². The van der Waals surface area contributed by atoms with Gasteiger partial charge in [0.05, 0.1) is 17.4 Å². The molecule has 0 unspecified atom stereocenters. The van der Waals surface area contributed by atoms with Crippen molar-refractivity contribution in [3.8, 4) is 0 Å². The maximum Gasteiger partial charge on any atom is 0.252 e. The Morgan fingerprint density at radius 1 is 1.03 bits per heavy atom. The van der Waals surface area contributed by atoms with E-state index < -0.39 is 0 Å². The second-order valence-electron chi connectivity index (χ2n) is 9.41. The van der Waals surface area contributed by atoms with Gasteiger partial charge in [-0.05, 0) is 68.8 Å². The predicted octanol–water partition coefficient (Wildman–Crippen LogP) is 2.41. The zero-order valence-electron chi connectivity index (χ0n) is 18.7. The summed E-state index contributed by atoms with van der Waals surface area (Å²) in [5, 5.41) is 4.66. The Morgan fingerprint density at radius 2 is 1.85 bits per heavy atom. The average molecular weight is 464 g/mol. The summed E-state index contributed by atoms with van der Waals surface area (Å²) in [5.74, 6) is 1.21. The molecule has 1 N–H and O–H groups in total. The van der Waals surface area contributed by atoms with Crippen LogP contribution in [0.3, 0.4) is 0 Å². The molecule has 0 aliphatic carbocycles. The average Bonchev–Trinajstić information content (AvgIpc) is 3.23. The van der Waals surface area contributed by atoms with Gasteiger partial charge in [-0.2, -0.15) is 0 Å². The minimum atomic E-state index is -0.0263. The minimum absolute atomic E-state index is 0.0124. The highest BCUT2D eigenvalue weighted by Gasteiger charge is 2.29. The zero-order chi connectivity index (χ0) is 22.4. The molecule has 8 heteroatoms. The van der Waals surface area contributed by atoms with E-state index in [1.54, 1.807) is 16.7 Å². The Morgan fingerprint density at radius 3 is 2.70 bits per heavy atom. The molecule has 6 rings (SSSR count). The van der Waals surface area contributed by atoms with E-state index in [1.165, 1.54) is 22.8 Å². The molecule has 1 fully saturated rings. The Balaban J connectivity index is 1.06. The first-order valence-electron chi connectivity index (χ1n) is 12.0. The number of likely N-dealkylation sites (tertiary alicyclic amines) is 1. The van der Waals surface area contributed by atoms with Crippen molar-refractivity contribution in [3.05, 3.63) is 68.5 Å². The predicted molar refractivity (Wildman–Crippen MR) is 131 cm³/mol. The third-order valence-electron chi connectivity index (χ3n) is 7.25. The number of hydrogen-bond donors (Lipinski definition) is 1. The number of pyridine rings is 3. The molecule has 33 heavy (non-hydrogen) atoms. The number of nitrogens with one attached hydrogen (secondary N) is 1. The summed E-state index contributed by atoms with van der Waals surface area (Å²) in [6.45, 7) is 4.20. The fraction of sp³-hybridized carbons (Fsp3) is 0.480. The Kier molecular flexibility index (Phi) is 5.60. The Hall–Kier alpha value is -2.42. The summed E-state index contributed by atoms with van der Waals surface area (Å²) in [4.78, 5) is 33.7. The summed E-state index contributed by atoms with van der Waals surface area (Å²) in [6, 6.07) is 11.8. The number of thioether (sulfide) groups is 1. The van der Waals surface area contributed by atoms with Gasteiger partial charge >= 0.3 is 0 Å². The van der Waals surface area contributed by atoms with Crippen molar-refractivity contribution in [1.29, 1.82) is 0 Å². The molecular formula is C25H29N5O2S. The van der Waals surface area contributed by atoms with Crippen LogP contribution in [0.2, 0.25) is 0 Å². The molecule has 172 valence electrons. The number of aromatic nitrogens is 3. The molecule has 1 atom stereocenters. The Bertz CT molecular complexity index is 1300. The summed E-state index contributed by atoms with van der Waals surface area (Å²) in [6.07, 6.45) is 4.49. The van der Waals surface area contributed by atoms with Crippen LogP contribution in [0.5, 0.6) is 0 Å². The van der Waals surface area contributed by atoms with Crippen molar-refractivity contribution in [1.82, 2.24) is 24.3 Å². The molecule has 0 bridgehead atoms. The number of fused-ring (bicyclic) bond motifs is 1. The fourth-order valence-corrected chi connectivity index (χ4v) is 6.51. The van der Waals surface area contributed by atoms with Gasteiger partial charge in [0, 0.05) is 48.1 Å². The van der Waals surface area contributed by atoms with E-state index >= 15 is 0 Å². The van der Waals surface area contributed by atoms with Gasteiger partial charge in [-0.15, -0.1) is 11.8 Å². The largest absolute Gasteiger partial charge is 0.308 e. The van der Waals surface area contributed by atoms with Crippen molar-refractivity contribution in [3.63, 3.8) is 0 Å². The molecule has 0 radical (unpaired) electrons. The lowest BCUT2D eigenvalue weighted by molar-refractivity contribution is 0.171. The van der Waals surface area contributed by atoms with Crippen molar-refractivity contribution in [2.45, 2.75) is 55.8 Å². The van der Waals surface area contributed by atoms with Gasteiger partial charge in [0.25, 0.3) is 11.1 Å². The molecule has 1 saturated heterocycles. The lowest BCUT2D eigenvalue weighted by Gasteiger charge is -2.34. The quantitative estimate of drug-likeness (QED) is 0.627. The van der Waals surface area contributed by atoms with Gasteiger partial charge < -0.3 is 10.2 Å². The van der Waals surface area contributed by atoms with E-state index in [2.05, 4.69) is 22.3 Å². The highest BCUT2D eigenvalue weighted by Crippen LogP contribution is 2.29. The molecule has 0 amide bonds. The van der Waals surface area contributed by atoms with Crippen LogP contribution in [0.15, 0.2) is 50.9 Å².